The third-order valence-electron chi connectivity index (χ3n) is 13.3. The Morgan fingerprint density at radius 3 is 1.67 bits per heavy atom. The van der Waals surface area contributed by atoms with Crippen LogP contribution in [0.1, 0.15) is 89.7 Å². The number of H-pyrrole nitrogens is 1. The van der Waals surface area contributed by atoms with Crippen LogP contribution in [0.3, 0.4) is 0 Å². The van der Waals surface area contributed by atoms with Crippen molar-refractivity contribution in [3.8, 4) is 51.0 Å². The van der Waals surface area contributed by atoms with Gasteiger partial charge in [-0.05, 0) is 69.9 Å². The minimum Gasteiger partial charge on any atom is -0.394 e. The van der Waals surface area contributed by atoms with Gasteiger partial charge < -0.3 is 14.3 Å². The zero-order valence-electron chi connectivity index (χ0n) is 36.3. The zero-order valence-corrected chi connectivity index (χ0v) is 36.3. The van der Waals surface area contributed by atoms with Crippen LogP contribution >= 0.6 is 0 Å². The Bertz CT molecular complexity index is 2710. The van der Waals surface area contributed by atoms with E-state index in [1.165, 1.54) is 44.5 Å². The molecule has 7 nitrogen and oxygen atoms in total. The number of imidazole rings is 3. The SMILES string of the molecule is CC(C)c1cccc(C(C)C)c1-n1cc(C(C)(C)C(C)(C)c2cn3c(n2)-c2ccccc2N(C)B3c2c(-c3ccccc3)cccc2-c2ccccc2)nc1-c1ncc[nH]1. The second-order valence-corrected chi connectivity index (χ2v) is 18.0. The number of para-hydroxylation sites is 2. The van der Waals surface area contributed by atoms with Crippen LogP contribution in [-0.2, 0) is 10.8 Å². The number of nitrogens with one attached hydrogen (secondary N) is 1. The molecule has 9 rings (SSSR count). The van der Waals surface area contributed by atoms with Gasteiger partial charge in [0.25, 0.3) is 0 Å². The normalized spacial score (nSPS) is 13.0. The Morgan fingerprint density at radius 2 is 1.10 bits per heavy atom. The van der Waals surface area contributed by atoms with Crippen molar-refractivity contribution in [2.75, 3.05) is 11.9 Å². The molecule has 300 valence electrons. The van der Waals surface area contributed by atoms with Gasteiger partial charge in [0.15, 0.2) is 11.6 Å². The summed E-state index contributed by atoms with van der Waals surface area (Å²) in [6.07, 6.45) is 8.26. The highest BCUT2D eigenvalue weighted by Crippen LogP contribution is 2.47. The molecule has 0 unspecified atom stereocenters. The molecule has 0 fully saturated rings. The summed E-state index contributed by atoms with van der Waals surface area (Å²) in [5.74, 6) is 3.15. The number of rotatable bonds is 10. The highest BCUT2D eigenvalue weighted by atomic mass is 15.2. The van der Waals surface area contributed by atoms with E-state index in [0.29, 0.717) is 11.8 Å². The van der Waals surface area contributed by atoms with Crippen molar-refractivity contribution in [2.24, 2.45) is 0 Å². The van der Waals surface area contributed by atoms with Gasteiger partial charge in [-0.1, -0.05) is 165 Å². The van der Waals surface area contributed by atoms with Crippen molar-refractivity contribution < 1.29 is 0 Å². The monoisotopic (exact) mass is 787 g/mol. The summed E-state index contributed by atoms with van der Waals surface area (Å²) >= 11 is 0. The Balaban J connectivity index is 1.24. The summed E-state index contributed by atoms with van der Waals surface area (Å²) in [6.45, 7) is 18.2. The van der Waals surface area contributed by atoms with Crippen molar-refractivity contribution in [3.63, 3.8) is 0 Å². The van der Waals surface area contributed by atoms with E-state index in [1.54, 1.807) is 6.20 Å². The fraction of sp³-hybridized carbons (Fsp3) is 0.250. The molecule has 0 radical (unpaired) electrons. The van der Waals surface area contributed by atoms with E-state index in [9.17, 15) is 0 Å². The molecule has 0 spiro atoms. The molecule has 0 aliphatic carbocycles. The predicted octanol–water partition coefficient (Wildman–Crippen LogP) is 11.7. The van der Waals surface area contributed by atoms with E-state index < -0.39 is 10.8 Å². The van der Waals surface area contributed by atoms with E-state index in [2.05, 4.69) is 215 Å². The summed E-state index contributed by atoms with van der Waals surface area (Å²) < 4.78 is 4.71. The second-order valence-electron chi connectivity index (χ2n) is 18.0. The molecule has 8 heteroatoms. The van der Waals surface area contributed by atoms with E-state index in [0.717, 1.165) is 40.1 Å². The minimum atomic E-state index is -0.479. The zero-order chi connectivity index (χ0) is 41.9. The van der Waals surface area contributed by atoms with Gasteiger partial charge in [-0.15, -0.1) is 0 Å². The Hall–Kier alpha value is -6.41. The molecule has 0 bridgehead atoms. The van der Waals surface area contributed by atoms with E-state index >= 15 is 0 Å². The number of anilines is 1. The van der Waals surface area contributed by atoms with Gasteiger partial charge >= 0.3 is 6.98 Å². The van der Waals surface area contributed by atoms with E-state index in [1.807, 2.05) is 6.20 Å². The number of hydrogen-bond donors (Lipinski definition) is 1. The molecule has 3 aromatic heterocycles. The molecule has 5 aromatic carbocycles. The maximum absolute atomic E-state index is 5.67. The Morgan fingerprint density at radius 1 is 0.583 bits per heavy atom. The van der Waals surface area contributed by atoms with Crippen LogP contribution in [0.4, 0.5) is 5.69 Å². The third kappa shape index (κ3) is 6.32. The lowest BCUT2D eigenvalue weighted by atomic mass is 9.59. The molecule has 4 heterocycles. The maximum atomic E-state index is 5.67. The molecular formula is C52H54BN7. The van der Waals surface area contributed by atoms with Gasteiger partial charge in [0.05, 0.1) is 17.1 Å². The maximum Gasteiger partial charge on any atom is 0.417 e. The number of nitrogens with zero attached hydrogens (tertiary/aromatic N) is 6. The molecule has 8 aromatic rings. The number of hydrogen-bond acceptors (Lipinski definition) is 4. The summed E-state index contributed by atoms with van der Waals surface area (Å²) in [5.41, 5.74) is 13.1. The third-order valence-corrected chi connectivity index (χ3v) is 13.3. The topological polar surface area (TPSA) is 67.6 Å². The summed E-state index contributed by atoms with van der Waals surface area (Å²) in [6, 6.07) is 43.7. The van der Waals surface area contributed by atoms with Gasteiger partial charge in [-0.3, -0.25) is 4.57 Å². The standard InChI is InChI=1S/C52H54BN7/c1-34(2)38-25-18-26-39(35(3)4)47(38)59-32-44(57-50(59)48-54-30-31-55-48)51(5,6)52(7,8)45-33-60-49(56-45)42-24-16-17-29-43(42)58(9)53(60)46-40(36-20-12-10-13-21-36)27-19-28-41(46)37-22-14-11-15-23-37/h10-35H,1-9H3,(H,54,55). The van der Waals surface area contributed by atoms with Crippen LogP contribution in [0, 0.1) is 0 Å². The average molecular weight is 788 g/mol. The predicted molar refractivity (Wildman–Crippen MR) is 250 cm³/mol. The lowest BCUT2D eigenvalue weighted by Crippen LogP contribution is -2.55. The first-order chi connectivity index (χ1) is 28.9. The van der Waals surface area contributed by atoms with Crippen LogP contribution in [0.5, 0.6) is 0 Å². The second kappa shape index (κ2) is 15.0. The molecule has 0 saturated carbocycles. The van der Waals surface area contributed by atoms with Crippen LogP contribution in [0.15, 0.2) is 146 Å². The largest absolute Gasteiger partial charge is 0.417 e. The van der Waals surface area contributed by atoms with Crippen molar-refractivity contribution >= 4 is 18.1 Å². The quantitative estimate of drug-likeness (QED) is 0.140. The van der Waals surface area contributed by atoms with Crippen molar-refractivity contribution in [2.45, 2.75) is 78.1 Å². The first-order valence-electron chi connectivity index (χ1n) is 21.3. The van der Waals surface area contributed by atoms with Crippen LogP contribution in [0.25, 0.3) is 51.0 Å². The van der Waals surface area contributed by atoms with E-state index in [-0.39, 0.29) is 6.98 Å². The lowest BCUT2D eigenvalue weighted by Gasteiger charge is -2.39. The highest BCUT2D eigenvalue weighted by molar-refractivity contribution is 6.78. The molecule has 60 heavy (non-hydrogen) atoms. The number of aromatic nitrogens is 6. The Labute approximate surface area is 355 Å². The average Bonchev–Trinajstić information content (AvgIpc) is 4.06. The first kappa shape index (κ1) is 39.1. The van der Waals surface area contributed by atoms with E-state index in [4.69, 9.17) is 15.0 Å². The molecule has 0 atom stereocenters. The Kier molecular flexibility index (Phi) is 9.77. The molecular weight excluding hydrogens is 733 g/mol. The van der Waals surface area contributed by atoms with Gasteiger partial charge in [0.2, 0.25) is 0 Å². The first-order valence-corrected chi connectivity index (χ1v) is 21.3. The van der Waals surface area contributed by atoms with Gasteiger partial charge in [0, 0.05) is 46.9 Å². The van der Waals surface area contributed by atoms with Crippen molar-refractivity contribution in [1.29, 1.82) is 0 Å². The summed E-state index contributed by atoms with van der Waals surface area (Å²) in [5, 5.41) is 0. The number of benzene rings is 5. The molecule has 0 amide bonds. The van der Waals surface area contributed by atoms with Crippen LogP contribution in [0.2, 0.25) is 0 Å². The van der Waals surface area contributed by atoms with Gasteiger partial charge in [-0.25, -0.2) is 15.0 Å². The fourth-order valence-corrected chi connectivity index (χ4v) is 9.12. The number of fused-ring (bicyclic) bond motifs is 3. The van der Waals surface area contributed by atoms with Gasteiger partial charge in [-0.2, -0.15) is 0 Å². The van der Waals surface area contributed by atoms with Gasteiger partial charge in [0.1, 0.15) is 5.82 Å². The fourth-order valence-electron chi connectivity index (χ4n) is 9.12. The lowest BCUT2D eigenvalue weighted by molar-refractivity contribution is 0.290. The van der Waals surface area contributed by atoms with Crippen molar-refractivity contribution in [3.05, 3.63) is 169 Å². The smallest absolute Gasteiger partial charge is 0.394 e. The minimum absolute atomic E-state index is 0.187. The summed E-state index contributed by atoms with van der Waals surface area (Å²) in [4.78, 5) is 21.7. The summed E-state index contributed by atoms with van der Waals surface area (Å²) in [7, 11) is 2.22. The molecule has 0 saturated heterocycles. The molecule has 1 aliphatic heterocycles. The number of aromatic amines is 1. The van der Waals surface area contributed by atoms with Crippen LogP contribution < -0.4 is 10.3 Å². The van der Waals surface area contributed by atoms with Crippen LogP contribution in [-0.4, -0.2) is 43.0 Å². The molecule has 1 N–H and O–H groups in total. The van der Waals surface area contributed by atoms with Crippen molar-refractivity contribution in [1.82, 2.24) is 29.0 Å². The molecule has 1 aliphatic rings. The highest BCUT2D eigenvalue weighted by Gasteiger charge is 2.46.